The van der Waals surface area contributed by atoms with Crippen molar-refractivity contribution in [1.82, 2.24) is 4.98 Å². The van der Waals surface area contributed by atoms with Crippen molar-refractivity contribution in [3.05, 3.63) is 22.7 Å². The van der Waals surface area contributed by atoms with Gasteiger partial charge in [0.25, 0.3) is 0 Å². The van der Waals surface area contributed by atoms with E-state index in [1.165, 1.54) is 0 Å². The number of hydrogen-bond donors (Lipinski definition) is 1. The topological polar surface area (TPSA) is 68.3 Å². The highest BCUT2D eigenvalue weighted by Crippen LogP contribution is 2.34. The van der Waals surface area contributed by atoms with E-state index in [0.29, 0.717) is 6.07 Å². The number of rotatable bonds is 1. The molecule has 0 saturated heterocycles. The van der Waals surface area contributed by atoms with Crippen LogP contribution in [0.15, 0.2) is 17.4 Å². The Kier molecular flexibility index (Phi) is 2.18. The van der Waals surface area contributed by atoms with E-state index in [9.17, 15) is 18.1 Å². The van der Waals surface area contributed by atoms with Crippen LogP contribution in [0.5, 0.6) is 0 Å². The summed E-state index contributed by atoms with van der Waals surface area (Å²) in [5, 5.41) is 2.32. The van der Waals surface area contributed by atoms with Gasteiger partial charge in [-0.1, -0.05) is 0 Å². The molecule has 1 aromatic rings. The zero-order valence-corrected chi connectivity index (χ0v) is 6.17. The van der Waals surface area contributed by atoms with E-state index in [2.05, 4.69) is 10.2 Å². The highest BCUT2D eigenvalue weighted by atomic mass is 19.4. The molecule has 0 aliphatic carbocycles. The van der Waals surface area contributed by atoms with Gasteiger partial charge in [0, 0.05) is 0 Å². The average Bonchev–Trinajstić information content (AvgIpc) is 2.03. The molecule has 4 nitrogen and oxygen atoms in total. The minimum Gasteiger partial charge on any atom is -0.383 e. The molecule has 0 unspecified atom stereocenters. The zero-order valence-electron chi connectivity index (χ0n) is 6.17. The predicted octanol–water partition coefficient (Wildman–Crippen LogP) is 2.08. The molecule has 0 saturated carbocycles. The molecule has 0 aliphatic heterocycles. The van der Waals surface area contributed by atoms with Crippen LogP contribution >= 0.6 is 0 Å². The molecule has 0 aromatic carbocycles. The molecular formula is C6H4F3N3O. The van der Waals surface area contributed by atoms with Gasteiger partial charge in [-0.15, -0.1) is 4.91 Å². The van der Waals surface area contributed by atoms with Gasteiger partial charge in [-0.2, -0.15) is 13.2 Å². The summed E-state index contributed by atoms with van der Waals surface area (Å²) in [5.74, 6) is -0.667. The standard InChI is InChI=1S/C6H4F3N3O/c7-6(8,9)4-1-3(12-13)2-11-5(4)10/h1-2H,(H2,10,11). The zero-order chi connectivity index (χ0) is 10.1. The maximum Gasteiger partial charge on any atom is 0.420 e. The fourth-order valence-corrected chi connectivity index (χ4v) is 0.741. The normalized spacial score (nSPS) is 11.3. The van der Waals surface area contributed by atoms with E-state index >= 15 is 0 Å². The Hall–Kier alpha value is -1.66. The van der Waals surface area contributed by atoms with Gasteiger partial charge in [0.05, 0.1) is 11.8 Å². The van der Waals surface area contributed by atoms with Crippen molar-refractivity contribution < 1.29 is 13.2 Å². The van der Waals surface area contributed by atoms with E-state index in [1.807, 2.05) is 0 Å². The van der Waals surface area contributed by atoms with E-state index in [4.69, 9.17) is 5.73 Å². The lowest BCUT2D eigenvalue weighted by Crippen LogP contribution is -2.09. The number of nitrogen functional groups attached to an aromatic ring is 1. The maximum atomic E-state index is 12.1. The number of pyridine rings is 1. The predicted molar refractivity (Wildman–Crippen MR) is 39.1 cm³/mol. The van der Waals surface area contributed by atoms with Crippen LogP contribution in [0, 0.1) is 4.91 Å². The molecule has 0 radical (unpaired) electrons. The summed E-state index contributed by atoms with van der Waals surface area (Å²) in [7, 11) is 0. The summed E-state index contributed by atoms with van der Waals surface area (Å²) in [4.78, 5) is 13.1. The summed E-state index contributed by atoms with van der Waals surface area (Å²) < 4.78 is 36.3. The minimum atomic E-state index is -4.61. The van der Waals surface area contributed by atoms with Crippen molar-refractivity contribution in [2.75, 3.05) is 5.73 Å². The fourth-order valence-electron chi connectivity index (χ4n) is 0.741. The molecule has 70 valence electrons. The van der Waals surface area contributed by atoms with E-state index < -0.39 is 23.2 Å². The van der Waals surface area contributed by atoms with Crippen LogP contribution in [-0.4, -0.2) is 4.98 Å². The fraction of sp³-hybridized carbons (Fsp3) is 0.167. The second-order valence-electron chi connectivity index (χ2n) is 2.22. The van der Waals surface area contributed by atoms with Gasteiger partial charge in [-0.05, 0) is 11.2 Å². The van der Waals surface area contributed by atoms with Gasteiger partial charge in [0.15, 0.2) is 0 Å². The number of halogens is 3. The van der Waals surface area contributed by atoms with Crippen LogP contribution in [0.4, 0.5) is 24.7 Å². The molecule has 1 heterocycles. The Morgan fingerprint density at radius 1 is 1.46 bits per heavy atom. The SMILES string of the molecule is Nc1ncc(N=O)cc1C(F)(F)F. The largest absolute Gasteiger partial charge is 0.420 e. The number of nitrogens with two attached hydrogens (primary N) is 1. The Morgan fingerprint density at radius 2 is 2.08 bits per heavy atom. The van der Waals surface area contributed by atoms with Crippen LogP contribution in [0.2, 0.25) is 0 Å². The van der Waals surface area contributed by atoms with Crippen LogP contribution < -0.4 is 5.73 Å². The molecule has 7 heteroatoms. The van der Waals surface area contributed by atoms with Crippen molar-refractivity contribution in [2.24, 2.45) is 5.18 Å². The van der Waals surface area contributed by atoms with Gasteiger partial charge in [0.2, 0.25) is 0 Å². The van der Waals surface area contributed by atoms with Gasteiger partial charge >= 0.3 is 6.18 Å². The van der Waals surface area contributed by atoms with Crippen LogP contribution in [0.25, 0.3) is 0 Å². The lowest BCUT2D eigenvalue weighted by atomic mass is 10.2. The summed E-state index contributed by atoms with van der Waals surface area (Å²) >= 11 is 0. The number of aromatic nitrogens is 1. The first-order valence-corrected chi connectivity index (χ1v) is 3.11. The highest BCUT2D eigenvalue weighted by Gasteiger charge is 2.34. The number of hydrogen-bond acceptors (Lipinski definition) is 4. The Balaban J connectivity index is 3.27. The molecule has 1 rings (SSSR count). The van der Waals surface area contributed by atoms with Gasteiger partial charge in [-0.25, -0.2) is 4.98 Å². The second-order valence-corrected chi connectivity index (χ2v) is 2.22. The van der Waals surface area contributed by atoms with Crippen molar-refractivity contribution in [2.45, 2.75) is 6.18 Å². The molecule has 0 atom stereocenters. The van der Waals surface area contributed by atoms with Gasteiger partial charge in [0.1, 0.15) is 11.5 Å². The molecule has 13 heavy (non-hydrogen) atoms. The van der Waals surface area contributed by atoms with E-state index in [1.54, 1.807) is 0 Å². The Morgan fingerprint density at radius 3 is 2.54 bits per heavy atom. The molecule has 0 aliphatic rings. The van der Waals surface area contributed by atoms with Crippen LogP contribution in [-0.2, 0) is 6.18 Å². The first-order chi connectivity index (χ1) is 5.95. The number of nitroso groups, excluding NO2 is 1. The van der Waals surface area contributed by atoms with Crippen molar-refractivity contribution in [3.63, 3.8) is 0 Å². The maximum absolute atomic E-state index is 12.1. The second kappa shape index (κ2) is 3.00. The molecule has 0 amide bonds. The quantitative estimate of drug-likeness (QED) is 0.691. The average molecular weight is 191 g/mol. The van der Waals surface area contributed by atoms with E-state index in [-0.39, 0.29) is 0 Å². The van der Waals surface area contributed by atoms with Crippen LogP contribution in [0.1, 0.15) is 5.56 Å². The van der Waals surface area contributed by atoms with Crippen molar-refractivity contribution >= 4 is 11.5 Å². The smallest absolute Gasteiger partial charge is 0.383 e. The van der Waals surface area contributed by atoms with Crippen molar-refractivity contribution in [3.8, 4) is 0 Å². The highest BCUT2D eigenvalue weighted by molar-refractivity contribution is 5.49. The number of nitrogens with zero attached hydrogens (tertiary/aromatic N) is 2. The van der Waals surface area contributed by atoms with Gasteiger partial charge < -0.3 is 5.73 Å². The summed E-state index contributed by atoms with van der Waals surface area (Å²) in [6.07, 6.45) is -3.74. The molecule has 0 fully saturated rings. The first kappa shape index (κ1) is 9.43. The molecular weight excluding hydrogens is 187 g/mol. The Labute approximate surface area is 70.5 Å². The lowest BCUT2D eigenvalue weighted by molar-refractivity contribution is -0.137. The third kappa shape index (κ3) is 1.92. The summed E-state index contributed by atoms with van der Waals surface area (Å²) in [6, 6.07) is 0.551. The summed E-state index contributed by atoms with van der Waals surface area (Å²) in [6.45, 7) is 0. The molecule has 1 aromatic heterocycles. The first-order valence-electron chi connectivity index (χ1n) is 3.11. The number of alkyl halides is 3. The molecule has 0 spiro atoms. The molecule has 0 bridgehead atoms. The van der Waals surface area contributed by atoms with Gasteiger partial charge in [-0.3, -0.25) is 0 Å². The molecule has 2 N–H and O–H groups in total. The number of anilines is 1. The van der Waals surface area contributed by atoms with E-state index in [0.717, 1.165) is 6.20 Å². The summed E-state index contributed by atoms with van der Waals surface area (Å²) in [5.41, 5.74) is 3.41. The lowest BCUT2D eigenvalue weighted by Gasteiger charge is -2.07. The van der Waals surface area contributed by atoms with Crippen molar-refractivity contribution in [1.29, 1.82) is 0 Å². The Bertz CT molecular complexity index is 336. The minimum absolute atomic E-state index is 0.401. The third-order valence-electron chi connectivity index (χ3n) is 1.31. The third-order valence-corrected chi connectivity index (χ3v) is 1.31. The monoisotopic (exact) mass is 191 g/mol. The van der Waals surface area contributed by atoms with Crippen LogP contribution in [0.3, 0.4) is 0 Å².